The number of benzene rings is 3. The van der Waals surface area contributed by atoms with Gasteiger partial charge in [0, 0.05) is 22.4 Å². The molecule has 0 bridgehead atoms. The molecular weight excluding hydrogens is 412 g/mol. The summed E-state index contributed by atoms with van der Waals surface area (Å²) >= 11 is 0. The van der Waals surface area contributed by atoms with Crippen LogP contribution < -0.4 is 5.32 Å². The molecule has 3 aromatic carbocycles. The van der Waals surface area contributed by atoms with Crippen LogP contribution in [0.5, 0.6) is 0 Å². The van der Waals surface area contributed by atoms with Crippen molar-refractivity contribution in [3.05, 3.63) is 96.0 Å². The number of aromatic nitrogens is 1. The highest BCUT2D eigenvalue weighted by molar-refractivity contribution is 6.04. The normalized spacial score (nSPS) is 11.4. The van der Waals surface area contributed by atoms with Crippen molar-refractivity contribution in [3.63, 3.8) is 0 Å². The number of halogens is 4. The Morgan fingerprint density at radius 2 is 1.48 bits per heavy atom. The second-order valence-corrected chi connectivity index (χ2v) is 6.60. The van der Waals surface area contributed by atoms with Gasteiger partial charge in [-0.25, -0.2) is 9.37 Å². The molecule has 0 atom stereocenters. The SMILES string of the molecule is O=C(Nc1ccc(-c2nc(-c3ccccc3)c(C(F)(F)F)o2)cc1)c1ccc(F)cc1. The van der Waals surface area contributed by atoms with E-state index in [-0.39, 0.29) is 22.7 Å². The molecule has 4 rings (SSSR count). The molecule has 4 nitrogen and oxygen atoms in total. The van der Waals surface area contributed by atoms with Gasteiger partial charge in [0.05, 0.1) is 0 Å². The van der Waals surface area contributed by atoms with Crippen molar-refractivity contribution in [2.45, 2.75) is 6.18 Å². The van der Waals surface area contributed by atoms with Gasteiger partial charge in [-0.15, -0.1) is 0 Å². The standard InChI is InChI=1S/C23H14F4N2O2/c24-17-10-6-15(7-11-17)21(30)28-18-12-8-16(9-13-18)22-29-19(14-4-2-1-3-5-14)20(31-22)23(25,26)27/h1-13H,(H,28,30). The Bertz CT molecular complexity index is 1200. The summed E-state index contributed by atoms with van der Waals surface area (Å²) in [6.45, 7) is 0. The number of anilines is 1. The lowest BCUT2D eigenvalue weighted by Gasteiger charge is -2.06. The van der Waals surface area contributed by atoms with E-state index in [2.05, 4.69) is 10.3 Å². The van der Waals surface area contributed by atoms with Gasteiger partial charge < -0.3 is 9.73 Å². The number of hydrogen-bond acceptors (Lipinski definition) is 3. The molecule has 0 aliphatic heterocycles. The van der Waals surface area contributed by atoms with Crippen molar-refractivity contribution < 1.29 is 26.8 Å². The summed E-state index contributed by atoms with van der Waals surface area (Å²) in [5.74, 6) is -2.28. The lowest BCUT2D eigenvalue weighted by molar-refractivity contribution is -0.152. The Labute approximate surface area is 174 Å². The van der Waals surface area contributed by atoms with Crippen LogP contribution in [0.15, 0.2) is 83.3 Å². The van der Waals surface area contributed by atoms with Gasteiger partial charge in [-0.3, -0.25) is 4.79 Å². The molecule has 0 unspecified atom stereocenters. The summed E-state index contributed by atoms with van der Waals surface area (Å²) < 4.78 is 58.4. The fourth-order valence-electron chi connectivity index (χ4n) is 2.93. The first kappa shape index (κ1) is 20.3. The first-order valence-electron chi connectivity index (χ1n) is 9.12. The third-order valence-corrected chi connectivity index (χ3v) is 4.43. The molecule has 8 heteroatoms. The minimum absolute atomic E-state index is 0.192. The molecule has 0 fully saturated rings. The van der Waals surface area contributed by atoms with Crippen LogP contribution in [-0.2, 0) is 6.18 Å². The number of nitrogens with one attached hydrogen (secondary N) is 1. The van der Waals surface area contributed by atoms with E-state index in [1.54, 1.807) is 18.2 Å². The van der Waals surface area contributed by atoms with Gasteiger partial charge in [-0.2, -0.15) is 13.2 Å². The van der Waals surface area contributed by atoms with E-state index in [0.29, 0.717) is 11.3 Å². The van der Waals surface area contributed by atoms with Gasteiger partial charge in [0.25, 0.3) is 5.91 Å². The van der Waals surface area contributed by atoms with Gasteiger partial charge in [-0.05, 0) is 48.5 Å². The zero-order valence-corrected chi connectivity index (χ0v) is 15.8. The Morgan fingerprint density at radius 3 is 2.10 bits per heavy atom. The molecule has 0 aliphatic rings. The maximum absolute atomic E-state index is 13.5. The largest absolute Gasteiger partial charge is 0.451 e. The van der Waals surface area contributed by atoms with Crippen molar-refractivity contribution >= 4 is 11.6 Å². The zero-order chi connectivity index (χ0) is 22.0. The molecule has 0 radical (unpaired) electrons. The third-order valence-electron chi connectivity index (χ3n) is 4.43. The van der Waals surface area contributed by atoms with Crippen LogP contribution in [0.2, 0.25) is 0 Å². The molecule has 0 saturated carbocycles. The van der Waals surface area contributed by atoms with E-state index in [0.717, 1.165) is 0 Å². The van der Waals surface area contributed by atoms with Crippen molar-refractivity contribution in [1.29, 1.82) is 0 Å². The number of oxazole rings is 1. The Morgan fingerprint density at radius 1 is 0.839 bits per heavy atom. The van der Waals surface area contributed by atoms with Crippen LogP contribution in [0, 0.1) is 5.82 Å². The quantitative estimate of drug-likeness (QED) is 0.383. The molecular formula is C23H14F4N2O2. The van der Waals surface area contributed by atoms with Gasteiger partial charge >= 0.3 is 6.18 Å². The highest BCUT2D eigenvalue weighted by atomic mass is 19.4. The lowest BCUT2D eigenvalue weighted by Crippen LogP contribution is -2.11. The molecule has 1 N–H and O–H groups in total. The fourth-order valence-corrected chi connectivity index (χ4v) is 2.93. The van der Waals surface area contributed by atoms with E-state index in [1.165, 1.54) is 60.7 Å². The highest BCUT2D eigenvalue weighted by Gasteiger charge is 2.40. The Balaban J connectivity index is 1.60. The maximum Gasteiger partial charge on any atom is 0.451 e. The number of hydrogen-bond donors (Lipinski definition) is 1. The number of amides is 1. The number of carbonyl (C=O) groups excluding carboxylic acids is 1. The predicted octanol–water partition coefficient (Wildman–Crippen LogP) is 6.42. The topological polar surface area (TPSA) is 55.1 Å². The zero-order valence-electron chi connectivity index (χ0n) is 15.8. The summed E-state index contributed by atoms with van der Waals surface area (Å²) in [5.41, 5.74) is 0.974. The van der Waals surface area contributed by atoms with E-state index in [4.69, 9.17) is 4.42 Å². The monoisotopic (exact) mass is 426 g/mol. The average molecular weight is 426 g/mol. The van der Waals surface area contributed by atoms with Crippen LogP contribution in [0.1, 0.15) is 16.1 Å². The second-order valence-electron chi connectivity index (χ2n) is 6.60. The molecule has 1 aromatic heterocycles. The molecule has 1 amide bonds. The summed E-state index contributed by atoms with van der Waals surface area (Å²) in [4.78, 5) is 16.3. The first-order chi connectivity index (χ1) is 14.8. The van der Waals surface area contributed by atoms with Gasteiger partial charge in [0.15, 0.2) is 0 Å². The van der Waals surface area contributed by atoms with E-state index < -0.39 is 23.7 Å². The first-order valence-corrected chi connectivity index (χ1v) is 9.12. The van der Waals surface area contributed by atoms with Crippen LogP contribution in [0.25, 0.3) is 22.7 Å². The molecule has 0 saturated heterocycles. The van der Waals surface area contributed by atoms with Crippen molar-refractivity contribution in [2.24, 2.45) is 0 Å². The second kappa shape index (κ2) is 8.06. The van der Waals surface area contributed by atoms with Crippen molar-refractivity contribution in [2.75, 3.05) is 5.32 Å². The number of rotatable bonds is 4. The van der Waals surface area contributed by atoms with Crippen LogP contribution >= 0.6 is 0 Å². The average Bonchev–Trinajstić information content (AvgIpc) is 3.21. The molecule has 31 heavy (non-hydrogen) atoms. The van der Waals surface area contributed by atoms with E-state index in [9.17, 15) is 22.4 Å². The van der Waals surface area contributed by atoms with Crippen LogP contribution in [-0.4, -0.2) is 10.9 Å². The molecule has 4 aromatic rings. The maximum atomic E-state index is 13.5. The van der Waals surface area contributed by atoms with E-state index in [1.807, 2.05) is 0 Å². The Hall–Kier alpha value is -3.94. The van der Waals surface area contributed by atoms with Crippen LogP contribution in [0.3, 0.4) is 0 Å². The fraction of sp³-hybridized carbons (Fsp3) is 0.0435. The number of alkyl halides is 3. The molecule has 0 spiro atoms. The third kappa shape index (κ3) is 4.48. The van der Waals surface area contributed by atoms with E-state index >= 15 is 0 Å². The minimum Gasteiger partial charge on any atom is -0.431 e. The van der Waals surface area contributed by atoms with Gasteiger partial charge in [0.1, 0.15) is 11.5 Å². The summed E-state index contributed by atoms with van der Waals surface area (Å²) in [7, 11) is 0. The Kier molecular flexibility index (Phi) is 5.29. The number of nitrogens with zero attached hydrogens (tertiary/aromatic N) is 1. The van der Waals surface area contributed by atoms with Gasteiger partial charge in [-0.1, -0.05) is 30.3 Å². The lowest BCUT2D eigenvalue weighted by atomic mass is 10.1. The van der Waals surface area contributed by atoms with Crippen molar-refractivity contribution in [3.8, 4) is 22.7 Å². The van der Waals surface area contributed by atoms with Crippen LogP contribution in [0.4, 0.5) is 23.2 Å². The number of carbonyl (C=O) groups is 1. The smallest absolute Gasteiger partial charge is 0.431 e. The predicted molar refractivity (Wildman–Crippen MR) is 107 cm³/mol. The molecule has 156 valence electrons. The molecule has 0 aliphatic carbocycles. The van der Waals surface area contributed by atoms with Gasteiger partial charge in [0.2, 0.25) is 11.7 Å². The summed E-state index contributed by atoms with van der Waals surface area (Å²) in [6, 6.07) is 19.0. The summed E-state index contributed by atoms with van der Waals surface area (Å²) in [5, 5.41) is 2.63. The molecule has 1 heterocycles. The summed E-state index contributed by atoms with van der Waals surface area (Å²) in [6.07, 6.45) is -4.71. The minimum atomic E-state index is -4.71. The van der Waals surface area contributed by atoms with Crippen molar-refractivity contribution in [1.82, 2.24) is 4.98 Å². The highest BCUT2D eigenvalue weighted by Crippen LogP contribution is 2.39.